The molecule has 0 amide bonds. The number of hydrogen-bond donors (Lipinski definition) is 1. The number of carbonyl (C=O) groups is 1. The minimum atomic E-state index is -0.448. The van der Waals surface area contributed by atoms with Crippen LogP contribution in [0, 0.1) is 0 Å². The van der Waals surface area contributed by atoms with E-state index in [-0.39, 0.29) is 11.3 Å². The first kappa shape index (κ1) is 12.2. The van der Waals surface area contributed by atoms with Gasteiger partial charge < -0.3 is 0 Å². The lowest BCUT2D eigenvalue weighted by molar-refractivity contribution is 0.101. The van der Waals surface area contributed by atoms with Gasteiger partial charge in [-0.05, 0) is 25.0 Å². The van der Waals surface area contributed by atoms with Crippen LogP contribution in [0.5, 0.6) is 0 Å². The van der Waals surface area contributed by atoms with Crippen LogP contribution in [0.25, 0.3) is 11.3 Å². The molecule has 4 heteroatoms. The van der Waals surface area contributed by atoms with E-state index in [0.717, 1.165) is 12.0 Å². The summed E-state index contributed by atoms with van der Waals surface area (Å²) < 4.78 is 0. The molecule has 0 bridgehead atoms. The van der Waals surface area contributed by atoms with E-state index in [1.807, 2.05) is 24.3 Å². The van der Waals surface area contributed by atoms with Gasteiger partial charge in [0.1, 0.15) is 0 Å². The second kappa shape index (κ2) is 4.96. The number of nitrogens with one attached hydrogen (secondary N) is 1. The summed E-state index contributed by atoms with van der Waals surface area (Å²) in [6.07, 6.45) is 0.970. The zero-order valence-electron chi connectivity index (χ0n) is 10.4. The Labute approximate surface area is 105 Å². The number of nitrogens with zero attached hydrogens (tertiary/aromatic N) is 1. The van der Waals surface area contributed by atoms with Gasteiger partial charge in [-0.1, -0.05) is 31.2 Å². The summed E-state index contributed by atoms with van der Waals surface area (Å²) in [4.78, 5) is 22.7. The van der Waals surface area contributed by atoms with Crippen LogP contribution in [-0.2, 0) is 6.42 Å². The SMILES string of the molecule is CCc1ccc(-c2cc(C(C)=O)c(=O)[nH]n2)cc1. The number of hydrogen-bond acceptors (Lipinski definition) is 3. The maximum atomic E-state index is 11.4. The zero-order chi connectivity index (χ0) is 13.1. The van der Waals surface area contributed by atoms with Crippen molar-refractivity contribution in [1.29, 1.82) is 0 Å². The largest absolute Gasteiger partial charge is 0.294 e. The molecule has 0 fully saturated rings. The number of H-pyrrole nitrogens is 1. The average Bonchev–Trinajstić information content (AvgIpc) is 2.39. The molecule has 2 rings (SSSR count). The Morgan fingerprint density at radius 1 is 1.28 bits per heavy atom. The smallest absolute Gasteiger partial charge is 0.275 e. The normalized spacial score (nSPS) is 10.3. The van der Waals surface area contributed by atoms with E-state index in [0.29, 0.717) is 5.69 Å². The number of aromatic nitrogens is 2. The molecule has 0 aliphatic rings. The number of carbonyl (C=O) groups excluding carboxylic acids is 1. The van der Waals surface area contributed by atoms with Crippen molar-refractivity contribution < 1.29 is 4.79 Å². The number of benzene rings is 1. The van der Waals surface area contributed by atoms with E-state index in [4.69, 9.17) is 0 Å². The predicted molar refractivity (Wildman–Crippen MR) is 69.7 cm³/mol. The molecular formula is C14H14N2O2. The van der Waals surface area contributed by atoms with Gasteiger partial charge >= 0.3 is 0 Å². The molecule has 0 radical (unpaired) electrons. The lowest BCUT2D eigenvalue weighted by atomic mass is 10.1. The second-order valence-electron chi connectivity index (χ2n) is 4.10. The Hall–Kier alpha value is -2.23. The Balaban J connectivity index is 2.47. The molecule has 0 atom stereocenters. The van der Waals surface area contributed by atoms with Crippen LogP contribution >= 0.6 is 0 Å². The third kappa shape index (κ3) is 2.37. The topological polar surface area (TPSA) is 62.8 Å². The standard InChI is InChI=1S/C14H14N2O2/c1-3-10-4-6-11(7-5-10)13-8-12(9(2)17)14(18)16-15-13/h4-8H,3H2,1-2H3,(H,16,18). The third-order valence-electron chi connectivity index (χ3n) is 2.84. The molecule has 0 unspecified atom stereocenters. The van der Waals surface area contributed by atoms with Crippen molar-refractivity contribution in [2.24, 2.45) is 0 Å². The first-order chi connectivity index (χ1) is 8.61. The molecule has 92 valence electrons. The highest BCUT2D eigenvalue weighted by Gasteiger charge is 2.08. The lowest BCUT2D eigenvalue weighted by Crippen LogP contribution is -2.17. The summed E-state index contributed by atoms with van der Waals surface area (Å²) in [5.41, 5.74) is 2.40. The first-order valence-electron chi connectivity index (χ1n) is 5.81. The summed E-state index contributed by atoms with van der Waals surface area (Å²) in [6, 6.07) is 9.42. The number of ketones is 1. The van der Waals surface area contributed by atoms with Crippen LogP contribution in [-0.4, -0.2) is 16.0 Å². The quantitative estimate of drug-likeness (QED) is 0.839. The molecule has 18 heavy (non-hydrogen) atoms. The van der Waals surface area contributed by atoms with E-state index in [9.17, 15) is 9.59 Å². The van der Waals surface area contributed by atoms with E-state index >= 15 is 0 Å². The van der Waals surface area contributed by atoms with Gasteiger partial charge in [-0.25, -0.2) is 5.10 Å². The summed E-state index contributed by atoms with van der Waals surface area (Å²) in [7, 11) is 0. The molecule has 0 aliphatic carbocycles. The highest BCUT2D eigenvalue weighted by molar-refractivity contribution is 5.94. The van der Waals surface area contributed by atoms with Crippen molar-refractivity contribution in [1.82, 2.24) is 10.2 Å². The van der Waals surface area contributed by atoms with Gasteiger partial charge in [-0.2, -0.15) is 5.10 Å². The molecule has 1 aromatic carbocycles. The molecule has 0 saturated carbocycles. The summed E-state index contributed by atoms with van der Waals surface area (Å²) in [5, 5.41) is 6.31. The highest BCUT2D eigenvalue weighted by atomic mass is 16.1. The number of Topliss-reactive ketones (excluding diaryl/α,β-unsaturated/α-hetero) is 1. The predicted octanol–water partition coefficient (Wildman–Crippen LogP) is 2.20. The van der Waals surface area contributed by atoms with Gasteiger partial charge in [0.05, 0.1) is 11.3 Å². The average molecular weight is 242 g/mol. The third-order valence-corrected chi connectivity index (χ3v) is 2.84. The molecule has 4 nitrogen and oxygen atoms in total. The van der Waals surface area contributed by atoms with Crippen molar-refractivity contribution >= 4 is 5.78 Å². The first-order valence-corrected chi connectivity index (χ1v) is 5.81. The summed E-state index contributed by atoms with van der Waals surface area (Å²) in [5.74, 6) is -0.259. The zero-order valence-corrected chi connectivity index (χ0v) is 10.4. The molecule has 0 saturated heterocycles. The van der Waals surface area contributed by atoms with Crippen LogP contribution in [0.4, 0.5) is 0 Å². The fraction of sp³-hybridized carbons (Fsp3) is 0.214. The van der Waals surface area contributed by atoms with Crippen molar-refractivity contribution in [2.75, 3.05) is 0 Å². The summed E-state index contributed by atoms with van der Waals surface area (Å²) in [6.45, 7) is 3.45. The second-order valence-corrected chi connectivity index (χ2v) is 4.10. The molecule has 0 aliphatic heterocycles. The van der Waals surface area contributed by atoms with Crippen LogP contribution in [0.1, 0.15) is 29.8 Å². The fourth-order valence-corrected chi connectivity index (χ4v) is 1.73. The van der Waals surface area contributed by atoms with Crippen LogP contribution in [0.3, 0.4) is 0 Å². The van der Waals surface area contributed by atoms with Gasteiger partial charge in [0, 0.05) is 5.56 Å². The van der Waals surface area contributed by atoms with Gasteiger partial charge in [0.25, 0.3) is 5.56 Å². The molecule has 2 aromatic rings. The number of aryl methyl sites for hydroxylation is 1. The monoisotopic (exact) mass is 242 g/mol. The maximum absolute atomic E-state index is 11.4. The Morgan fingerprint density at radius 3 is 2.50 bits per heavy atom. The minimum Gasteiger partial charge on any atom is -0.294 e. The van der Waals surface area contributed by atoms with E-state index < -0.39 is 5.56 Å². The lowest BCUT2D eigenvalue weighted by Gasteiger charge is -2.03. The van der Waals surface area contributed by atoms with Crippen LogP contribution in [0.2, 0.25) is 0 Å². The van der Waals surface area contributed by atoms with Gasteiger partial charge in [0.15, 0.2) is 5.78 Å². The highest BCUT2D eigenvalue weighted by Crippen LogP contribution is 2.17. The van der Waals surface area contributed by atoms with E-state index in [1.165, 1.54) is 18.6 Å². The Bertz CT molecular complexity index is 627. The fourth-order valence-electron chi connectivity index (χ4n) is 1.73. The van der Waals surface area contributed by atoms with E-state index in [2.05, 4.69) is 17.1 Å². The minimum absolute atomic E-state index is 0.138. The van der Waals surface area contributed by atoms with Crippen molar-refractivity contribution in [2.45, 2.75) is 20.3 Å². The molecule has 1 heterocycles. The molecule has 0 spiro atoms. The molecule has 1 aromatic heterocycles. The number of aromatic amines is 1. The molecular weight excluding hydrogens is 228 g/mol. The van der Waals surface area contributed by atoms with Gasteiger partial charge in [-0.3, -0.25) is 9.59 Å². The number of rotatable bonds is 3. The van der Waals surface area contributed by atoms with Gasteiger partial charge in [-0.15, -0.1) is 0 Å². The Kier molecular flexibility index (Phi) is 3.37. The van der Waals surface area contributed by atoms with Crippen LogP contribution in [0.15, 0.2) is 35.1 Å². The van der Waals surface area contributed by atoms with E-state index in [1.54, 1.807) is 0 Å². The summed E-state index contributed by atoms with van der Waals surface area (Å²) >= 11 is 0. The van der Waals surface area contributed by atoms with Crippen molar-refractivity contribution in [3.05, 3.63) is 51.8 Å². The van der Waals surface area contributed by atoms with Crippen LogP contribution < -0.4 is 5.56 Å². The maximum Gasteiger partial charge on any atom is 0.275 e. The molecule has 1 N–H and O–H groups in total. The van der Waals surface area contributed by atoms with Crippen molar-refractivity contribution in [3.8, 4) is 11.3 Å². The van der Waals surface area contributed by atoms with Crippen molar-refractivity contribution in [3.63, 3.8) is 0 Å². The van der Waals surface area contributed by atoms with Gasteiger partial charge in [0.2, 0.25) is 0 Å². The Morgan fingerprint density at radius 2 is 1.94 bits per heavy atom.